The molecule has 2 aliphatic heterocycles. The number of nitrogens with zero attached hydrogens (tertiary/aromatic N) is 2. The van der Waals surface area contributed by atoms with Crippen molar-refractivity contribution in [2.24, 2.45) is 5.92 Å². The van der Waals surface area contributed by atoms with Crippen LogP contribution in [0.2, 0.25) is 5.02 Å². The van der Waals surface area contributed by atoms with E-state index in [9.17, 15) is 19.1 Å². The first kappa shape index (κ1) is 18.5. The number of carbonyl (C=O) groups is 2. The van der Waals surface area contributed by atoms with Crippen molar-refractivity contribution >= 4 is 29.2 Å². The van der Waals surface area contributed by atoms with Gasteiger partial charge >= 0.3 is 0 Å². The summed E-state index contributed by atoms with van der Waals surface area (Å²) < 4.78 is 14.4. The van der Waals surface area contributed by atoms with Gasteiger partial charge in [0.15, 0.2) is 0 Å². The zero-order valence-corrected chi connectivity index (χ0v) is 15.2. The van der Waals surface area contributed by atoms with Crippen LogP contribution < -0.4 is 10.7 Å². The Morgan fingerprint density at radius 2 is 2.00 bits per heavy atom. The molecule has 0 saturated carbocycles. The topological polar surface area (TPSA) is 94.6 Å². The van der Waals surface area contributed by atoms with Crippen LogP contribution in [-0.4, -0.2) is 39.0 Å². The normalized spacial score (nSPS) is 25.3. The number of aromatic nitrogens is 1. The van der Waals surface area contributed by atoms with Gasteiger partial charge in [0.1, 0.15) is 23.8 Å². The molecular weight excluding hydrogens is 387 g/mol. The molecular formula is C19H16ClFN4O3. The average molecular weight is 403 g/mol. The van der Waals surface area contributed by atoms with Crippen LogP contribution >= 0.6 is 11.6 Å². The summed E-state index contributed by atoms with van der Waals surface area (Å²) in [7, 11) is 0. The highest BCUT2D eigenvalue weighted by atomic mass is 35.5. The number of imide groups is 1. The van der Waals surface area contributed by atoms with Gasteiger partial charge in [-0.15, -0.1) is 0 Å². The van der Waals surface area contributed by atoms with Crippen LogP contribution in [0.25, 0.3) is 0 Å². The number of aliphatic hydroxyl groups is 1. The molecule has 2 aromatic rings. The number of anilines is 1. The van der Waals surface area contributed by atoms with E-state index in [2.05, 4.69) is 15.7 Å². The second kappa shape index (κ2) is 7.31. The van der Waals surface area contributed by atoms with Gasteiger partial charge < -0.3 is 10.5 Å². The molecule has 3 heterocycles. The molecule has 144 valence electrons. The third kappa shape index (κ3) is 3.15. The summed E-state index contributed by atoms with van der Waals surface area (Å²) in [5.41, 5.74) is 2.89. The Labute approximate surface area is 164 Å². The lowest BCUT2D eigenvalue weighted by Gasteiger charge is -2.40. The number of halogens is 2. The summed E-state index contributed by atoms with van der Waals surface area (Å²) in [5.74, 6) is -1.94. The van der Waals surface area contributed by atoms with Gasteiger partial charge in [0.2, 0.25) is 11.8 Å². The molecule has 1 aromatic carbocycles. The Kier molecular flexibility index (Phi) is 4.84. The smallest absolute Gasteiger partial charge is 0.246 e. The first-order valence-electron chi connectivity index (χ1n) is 8.58. The Hall–Kier alpha value is -2.81. The highest BCUT2D eigenvalue weighted by Gasteiger charge is 2.50. The number of hydrogen-bond acceptors (Lipinski definition) is 6. The maximum absolute atomic E-state index is 14.4. The molecule has 4 rings (SSSR count). The number of fused-ring (bicyclic) bond motifs is 1. The Morgan fingerprint density at radius 3 is 2.71 bits per heavy atom. The van der Waals surface area contributed by atoms with Crippen molar-refractivity contribution in [2.45, 2.75) is 18.2 Å². The molecule has 2 aliphatic rings. The minimum Gasteiger partial charge on any atom is -0.386 e. The predicted octanol–water partition coefficient (Wildman–Crippen LogP) is 1.82. The van der Waals surface area contributed by atoms with Crippen molar-refractivity contribution in [1.82, 2.24) is 15.3 Å². The van der Waals surface area contributed by atoms with Crippen molar-refractivity contribution in [1.29, 1.82) is 0 Å². The van der Waals surface area contributed by atoms with Gasteiger partial charge in [-0.3, -0.25) is 14.9 Å². The van der Waals surface area contributed by atoms with Gasteiger partial charge in [-0.2, -0.15) is 5.01 Å². The van der Waals surface area contributed by atoms with E-state index in [1.165, 1.54) is 23.2 Å². The maximum Gasteiger partial charge on any atom is 0.246 e. The fourth-order valence-electron chi connectivity index (χ4n) is 3.52. The molecule has 2 amide bonds. The molecule has 0 spiro atoms. The van der Waals surface area contributed by atoms with Crippen molar-refractivity contribution in [2.75, 3.05) is 5.43 Å². The van der Waals surface area contributed by atoms with E-state index in [1.54, 1.807) is 36.5 Å². The zero-order chi connectivity index (χ0) is 19.8. The highest BCUT2D eigenvalue weighted by Crippen LogP contribution is 2.36. The van der Waals surface area contributed by atoms with E-state index >= 15 is 0 Å². The van der Waals surface area contributed by atoms with Crippen molar-refractivity contribution in [3.05, 3.63) is 71.2 Å². The third-order valence-corrected chi connectivity index (χ3v) is 5.15. The summed E-state index contributed by atoms with van der Waals surface area (Å²) in [4.78, 5) is 28.6. The number of carbonyl (C=O) groups excluding carboxylic acids is 2. The van der Waals surface area contributed by atoms with E-state index in [0.29, 0.717) is 5.82 Å². The standard InChI is InChI=1S/C19H16ClFN4O3/c20-11-4-3-5-12(21)15(11)17(26)13-8-7-10-16(19(28)23-18(10)27)25(13)24-14-6-1-2-9-22-14/h1-10,13,16-17,26H,(H,22,24)(H,23,27,28). The molecule has 7 nitrogen and oxygen atoms in total. The number of aliphatic hydroxyl groups excluding tert-OH is 1. The van der Waals surface area contributed by atoms with E-state index < -0.39 is 41.7 Å². The lowest BCUT2D eigenvalue weighted by molar-refractivity contribution is -0.126. The van der Waals surface area contributed by atoms with Crippen LogP contribution in [0.15, 0.2) is 54.7 Å². The number of rotatable bonds is 4. The molecule has 1 saturated heterocycles. The van der Waals surface area contributed by atoms with Crippen LogP contribution in [0.4, 0.5) is 10.2 Å². The van der Waals surface area contributed by atoms with Crippen LogP contribution in [0.5, 0.6) is 0 Å². The number of pyridine rings is 1. The van der Waals surface area contributed by atoms with Crippen molar-refractivity contribution in [3.63, 3.8) is 0 Å². The molecule has 0 bridgehead atoms. The molecule has 28 heavy (non-hydrogen) atoms. The molecule has 3 N–H and O–H groups in total. The van der Waals surface area contributed by atoms with Crippen LogP contribution in [0.1, 0.15) is 11.7 Å². The van der Waals surface area contributed by atoms with Gasteiger partial charge in [0, 0.05) is 16.8 Å². The summed E-state index contributed by atoms with van der Waals surface area (Å²) in [6.07, 6.45) is 3.26. The molecule has 0 aliphatic carbocycles. The van der Waals surface area contributed by atoms with Crippen molar-refractivity contribution in [3.8, 4) is 0 Å². The Bertz CT molecular complexity index is 935. The van der Waals surface area contributed by atoms with Gasteiger partial charge in [-0.25, -0.2) is 9.37 Å². The quantitative estimate of drug-likeness (QED) is 0.533. The predicted molar refractivity (Wildman–Crippen MR) is 99.4 cm³/mol. The third-order valence-electron chi connectivity index (χ3n) is 4.82. The minimum atomic E-state index is -1.40. The monoisotopic (exact) mass is 402 g/mol. The van der Waals surface area contributed by atoms with E-state index in [4.69, 9.17) is 11.6 Å². The molecule has 4 atom stereocenters. The maximum atomic E-state index is 14.4. The number of hydrazine groups is 1. The molecule has 1 fully saturated rings. The first-order valence-corrected chi connectivity index (χ1v) is 8.96. The summed E-state index contributed by atoms with van der Waals surface area (Å²) >= 11 is 6.11. The van der Waals surface area contributed by atoms with Gasteiger partial charge in [-0.1, -0.05) is 35.9 Å². The fourth-order valence-corrected chi connectivity index (χ4v) is 3.79. The number of amides is 2. The minimum absolute atomic E-state index is 0.0627. The molecule has 1 aromatic heterocycles. The van der Waals surface area contributed by atoms with E-state index in [1.807, 2.05) is 0 Å². The molecule has 4 unspecified atom stereocenters. The number of nitrogens with one attached hydrogen (secondary N) is 2. The Morgan fingerprint density at radius 1 is 1.18 bits per heavy atom. The van der Waals surface area contributed by atoms with Gasteiger partial charge in [-0.05, 0) is 24.3 Å². The highest BCUT2D eigenvalue weighted by molar-refractivity contribution is 6.31. The largest absolute Gasteiger partial charge is 0.386 e. The number of hydrogen-bond donors (Lipinski definition) is 3. The summed E-state index contributed by atoms with van der Waals surface area (Å²) in [6, 6.07) is 7.43. The molecule has 9 heteroatoms. The molecule has 0 radical (unpaired) electrons. The van der Waals surface area contributed by atoms with Crippen molar-refractivity contribution < 1.29 is 19.1 Å². The van der Waals surface area contributed by atoms with Gasteiger partial charge in [0.25, 0.3) is 0 Å². The van der Waals surface area contributed by atoms with Crippen LogP contribution in [0, 0.1) is 11.7 Å². The van der Waals surface area contributed by atoms with E-state index in [-0.39, 0.29) is 10.6 Å². The summed E-state index contributed by atoms with van der Waals surface area (Å²) in [6.45, 7) is 0. The SMILES string of the molecule is O=C1NC(=O)C2C1C=CC(C(O)c1c(F)cccc1Cl)N2Nc1ccccn1. The lowest BCUT2D eigenvalue weighted by atomic mass is 9.90. The first-order chi connectivity index (χ1) is 13.5. The second-order valence-corrected chi connectivity index (χ2v) is 6.92. The lowest BCUT2D eigenvalue weighted by Crippen LogP contribution is -2.55. The average Bonchev–Trinajstić information content (AvgIpc) is 2.97. The van der Waals surface area contributed by atoms with Crippen LogP contribution in [0.3, 0.4) is 0 Å². The summed E-state index contributed by atoms with van der Waals surface area (Å²) in [5, 5.41) is 14.7. The second-order valence-electron chi connectivity index (χ2n) is 6.51. The van der Waals surface area contributed by atoms with Gasteiger partial charge in [0.05, 0.1) is 12.0 Å². The van der Waals surface area contributed by atoms with E-state index in [0.717, 1.165) is 0 Å². The Balaban J connectivity index is 1.75. The number of benzene rings is 1. The van der Waals surface area contributed by atoms with Crippen LogP contribution in [-0.2, 0) is 9.59 Å². The fraction of sp³-hybridized carbons (Fsp3) is 0.211. The zero-order valence-electron chi connectivity index (χ0n) is 14.4.